The summed E-state index contributed by atoms with van der Waals surface area (Å²) in [6, 6.07) is 8.39. The Morgan fingerprint density at radius 1 is 1.14 bits per heavy atom. The zero-order chi connectivity index (χ0) is 14.8. The second kappa shape index (κ2) is 6.06. The zero-order valence-corrected chi connectivity index (χ0v) is 12.9. The number of piperidine rings is 1. The summed E-state index contributed by atoms with van der Waals surface area (Å²) in [6.07, 6.45) is 4.45. The Labute approximate surface area is 126 Å². The molecule has 1 aliphatic heterocycles. The monoisotopic (exact) mass is 288 g/mol. The standard InChI is InChI=1S/C17H24N2O2/c1-18-11-9-14(10-12-18)19(13-7-8-13)17(20)15-5-3-4-6-16(15)21-2/h3-6,13-14H,7-12H2,1-2H3. The number of likely N-dealkylation sites (tertiary alicyclic amines) is 1. The van der Waals surface area contributed by atoms with E-state index in [-0.39, 0.29) is 5.91 Å². The molecule has 4 heteroatoms. The van der Waals surface area contributed by atoms with Gasteiger partial charge >= 0.3 is 0 Å². The molecule has 1 aromatic rings. The number of ether oxygens (including phenoxy) is 1. The molecule has 4 nitrogen and oxygen atoms in total. The average molecular weight is 288 g/mol. The van der Waals surface area contributed by atoms with Crippen LogP contribution in [0.2, 0.25) is 0 Å². The van der Waals surface area contributed by atoms with Gasteiger partial charge in [-0.25, -0.2) is 0 Å². The highest BCUT2D eigenvalue weighted by Gasteiger charge is 2.39. The minimum atomic E-state index is 0.143. The Morgan fingerprint density at radius 3 is 2.38 bits per heavy atom. The summed E-state index contributed by atoms with van der Waals surface area (Å²) in [5.74, 6) is 0.825. The third kappa shape index (κ3) is 3.05. The highest BCUT2D eigenvalue weighted by Crippen LogP contribution is 2.34. The van der Waals surface area contributed by atoms with Crippen molar-refractivity contribution in [1.29, 1.82) is 0 Å². The summed E-state index contributed by atoms with van der Waals surface area (Å²) < 4.78 is 5.37. The van der Waals surface area contributed by atoms with Crippen LogP contribution in [0, 0.1) is 0 Å². The fourth-order valence-corrected chi connectivity index (χ4v) is 3.22. The van der Waals surface area contributed by atoms with Gasteiger partial charge in [0, 0.05) is 12.1 Å². The molecular formula is C17H24N2O2. The first-order valence-corrected chi connectivity index (χ1v) is 7.85. The van der Waals surface area contributed by atoms with Crippen LogP contribution in [0.3, 0.4) is 0 Å². The summed E-state index contributed by atoms with van der Waals surface area (Å²) in [6.45, 7) is 2.15. The van der Waals surface area contributed by atoms with E-state index >= 15 is 0 Å². The lowest BCUT2D eigenvalue weighted by molar-refractivity contribution is 0.0566. The largest absolute Gasteiger partial charge is 0.496 e. The maximum absolute atomic E-state index is 13.0. The molecule has 1 saturated heterocycles. The third-order valence-electron chi connectivity index (χ3n) is 4.59. The van der Waals surface area contributed by atoms with Crippen LogP contribution in [-0.2, 0) is 0 Å². The van der Waals surface area contributed by atoms with Crippen molar-refractivity contribution in [2.45, 2.75) is 37.8 Å². The lowest BCUT2D eigenvalue weighted by Crippen LogP contribution is -2.47. The van der Waals surface area contributed by atoms with E-state index in [1.807, 2.05) is 24.3 Å². The number of carbonyl (C=O) groups excluding carboxylic acids is 1. The van der Waals surface area contributed by atoms with Crippen molar-refractivity contribution in [1.82, 2.24) is 9.80 Å². The van der Waals surface area contributed by atoms with Crippen molar-refractivity contribution in [3.05, 3.63) is 29.8 Å². The van der Waals surface area contributed by atoms with Gasteiger partial charge in [-0.3, -0.25) is 4.79 Å². The number of hydrogen-bond donors (Lipinski definition) is 0. The summed E-state index contributed by atoms with van der Waals surface area (Å²) >= 11 is 0. The van der Waals surface area contributed by atoms with Crippen molar-refractivity contribution >= 4 is 5.91 Å². The molecule has 1 aliphatic carbocycles. The molecule has 0 atom stereocenters. The lowest BCUT2D eigenvalue weighted by Gasteiger charge is -2.37. The van der Waals surface area contributed by atoms with Crippen molar-refractivity contribution in [3.63, 3.8) is 0 Å². The minimum Gasteiger partial charge on any atom is -0.496 e. The Kier molecular flexibility index (Phi) is 4.15. The second-order valence-electron chi connectivity index (χ2n) is 6.18. The fourth-order valence-electron chi connectivity index (χ4n) is 3.22. The van der Waals surface area contributed by atoms with Gasteiger partial charge in [-0.2, -0.15) is 0 Å². The molecule has 21 heavy (non-hydrogen) atoms. The third-order valence-corrected chi connectivity index (χ3v) is 4.59. The van der Waals surface area contributed by atoms with Crippen LogP contribution in [0.4, 0.5) is 0 Å². The van der Waals surface area contributed by atoms with Crippen LogP contribution >= 0.6 is 0 Å². The molecule has 0 N–H and O–H groups in total. The molecule has 0 aromatic heterocycles. The van der Waals surface area contributed by atoms with Crippen LogP contribution in [0.25, 0.3) is 0 Å². The van der Waals surface area contributed by atoms with Crippen molar-refractivity contribution < 1.29 is 9.53 Å². The summed E-state index contributed by atoms with van der Waals surface area (Å²) in [5.41, 5.74) is 0.700. The Hall–Kier alpha value is -1.55. The molecule has 2 fully saturated rings. The molecule has 0 spiro atoms. The highest BCUT2D eigenvalue weighted by molar-refractivity contribution is 5.97. The minimum absolute atomic E-state index is 0.143. The number of nitrogens with zero attached hydrogens (tertiary/aromatic N) is 2. The van der Waals surface area contributed by atoms with E-state index in [0.717, 1.165) is 38.8 Å². The second-order valence-corrected chi connectivity index (χ2v) is 6.18. The molecule has 114 valence electrons. The topological polar surface area (TPSA) is 32.8 Å². The Morgan fingerprint density at radius 2 is 1.76 bits per heavy atom. The number of amides is 1. The molecule has 1 heterocycles. The quantitative estimate of drug-likeness (QED) is 0.853. The number of hydrogen-bond acceptors (Lipinski definition) is 3. The summed E-state index contributed by atoms with van der Waals surface area (Å²) in [5, 5.41) is 0. The summed E-state index contributed by atoms with van der Waals surface area (Å²) in [7, 11) is 3.78. The molecular weight excluding hydrogens is 264 g/mol. The first-order chi connectivity index (χ1) is 10.2. The highest BCUT2D eigenvalue weighted by atomic mass is 16.5. The van der Waals surface area contributed by atoms with Crippen molar-refractivity contribution in [2.24, 2.45) is 0 Å². The van der Waals surface area contributed by atoms with Gasteiger partial charge in [0.05, 0.1) is 12.7 Å². The summed E-state index contributed by atoms with van der Waals surface area (Å²) in [4.78, 5) is 17.5. The van der Waals surface area contributed by atoms with Gasteiger partial charge in [-0.15, -0.1) is 0 Å². The normalized spacial score (nSPS) is 20.3. The van der Waals surface area contributed by atoms with Crippen LogP contribution in [0.1, 0.15) is 36.0 Å². The van der Waals surface area contributed by atoms with Crippen LogP contribution in [0.5, 0.6) is 5.75 Å². The van der Waals surface area contributed by atoms with Gasteiger partial charge in [0.25, 0.3) is 5.91 Å². The number of benzene rings is 1. The molecule has 1 saturated carbocycles. The van der Waals surface area contributed by atoms with Crippen molar-refractivity contribution in [2.75, 3.05) is 27.2 Å². The van der Waals surface area contributed by atoms with E-state index in [4.69, 9.17) is 4.74 Å². The molecule has 0 bridgehead atoms. The van der Waals surface area contributed by atoms with E-state index < -0.39 is 0 Å². The predicted molar refractivity (Wildman–Crippen MR) is 82.7 cm³/mol. The molecule has 0 radical (unpaired) electrons. The molecule has 1 amide bonds. The van der Waals surface area contributed by atoms with Crippen LogP contribution in [0.15, 0.2) is 24.3 Å². The molecule has 1 aromatic carbocycles. The SMILES string of the molecule is COc1ccccc1C(=O)N(C1CC1)C1CCN(C)CC1. The first kappa shape index (κ1) is 14.4. The first-order valence-electron chi connectivity index (χ1n) is 7.85. The number of rotatable bonds is 4. The van der Waals surface area contributed by atoms with Gasteiger partial charge in [0.2, 0.25) is 0 Å². The number of carbonyl (C=O) groups is 1. The van der Waals surface area contributed by atoms with Gasteiger partial charge in [-0.05, 0) is 58.0 Å². The van der Waals surface area contributed by atoms with Gasteiger partial charge in [-0.1, -0.05) is 12.1 Å². The van der Waals surface area contributed by atoms with E-state index in [1.54, 1.807) is 7.11 Å². The van der Waals surface area contributed by atoms with Gasteiger partial charge < -0.3 is 14.5 Å². The fraction of sp³-hybridized carbons (Fsp3) is 0.588. The maximum atomic E-state index is 13.0. The van der Waals surface area contributed by atoms with Gasteiger partial charge in [0.1, 0.15) is 5.75 Å². The average Bonchev–Trinajstić information content (AvgIpc) is 3.34. The zero-order valence-electron chi connectivity index (χ0n) is 12.9. The van der Waals surface area contributed by atoms with E-state index in [1.165, 1.54) is 0 Å². The Bertz CT molecular complexity index is 505. The predicted octanol–water partition coefficient (Wildman–Crippen LogP) is 2.39. The van der Waals surface area contributed by atoms with Crippen LogP contribution < -0.4 is 4.74 Å². The van der Waals surface area contributed by atoms with Crippen LogP contribution in [-0.4, -0.2) is 55.0 Å². The maximum Gasteiger partial charge on any atom is 0.258 e. The molecule has 2 aliphatic rings. The Balaban J connectivity index is 1.82. The van der Waals surface area contributed by atoms with Gasteiger partial charge in [0.15, 0.2) is 0 Å². The van der Waals surface area contributed by atoms with E-state index in [9.17, 15) is 4.79 Å². The number of para-hydroxylation sites is 1. The van der Waals surface area contributed by atoms with Crippen molar-refractivity contribution in [3.8, 4) is 5.75 Å². The smallest absolute Gasteiger partial charge is 0.258 e. The van der Waals surface area contributed by atoms with E-state index in [0.29, 0.717) is 23.4 Å². The molecule has 3 rings (SSSR count). The molecule has 0 unspecified atom stereocenters. The lowest BCUT2D eigenvalue weighted by atomic mass is 10.0. The number of methoxy groups -OCH3 is 1. The van der Waals surface area contributed by atoms with E-state index in [2.05, 4.69) is 16.8 Å².